The molecule has 1 fully saturated rings. The fraction of sp³-hybridized carbons (Fsp3) is 0.375. The summed E-state index contributed by atoms with van der Waals surface area (Å²) in [7, 11) is 0. The zero-order chi connectivity index (χ0) is 20.1. The molecule has 3 heterocycles. The Kier molecular flexibility index (Phi) is 6.03. The molecule has 0 spiro atoms. The van der Waals surface area contributed by atoms with Gasteiger partial charge in [0.05, 0.1) is 0 Å². The van der Waals surface area contributed by atoms with Crippen LogP contribution in [0.5, 0.6) is 0 Å². The fourth-order valence-corrected chi connectivity index (χ4v) is 4.09. The predicted octanol–water partition coefficient (Wildman–Crippen LogP) is 4.12. The van der Waals surface area contributed by atoms with E-state index >= 15 is 0 Å². The van der Waals surface area contributed by atoms with E-state index < -0.39 is 0 Å². The molecule has 2 aromatic heterocycles. The van der Waals surface area contributed by atoms with Crippen LogP contribution < -0.4 is 0 Å². The van der Waals surface area contributed by atoms with Crippen molar-refractivity contribution in [3.63, 3.8) is 0 Å². The number of hydrogen-bond donors (Lipinski definition) is 0. The highest BCUT2D eigenvalue weighted by atomic mass is 16.2. The molecule has 29 heavy (non-hydrogen) atoms. The predicted molar refractivity (Wildman–Crippen MR) is 114 cm³/mol. The van der Waals surface area contributed by atoms with Gasteiger partial charge in [0.15, 0.2) is 0 Å². The van der Waals surface area contributed by atoms with Crippen LogP contribution in [0.2, 0.25) is 0 Å². The van der Waals surface area contributed by atoms with E-state index in [1.54, 1.807) is 6.20 Å². The third-order valence-corrected chi connectivity index (χ3v) is 5.85. The molecule has 5 nitrogen and oxygen atoms in total. The number of carbonyl (C=O) groups excluding carboxylic acids is 1. The van der Waals surface area contributed by atoms with Gasteiger partial charge < -0.3 is 9.47 Å². The van der Waals surface area contributed by atoms with E-state index in [1.165, 1.54) is 11.3 Å². The minimum Gasteiger partial charge on any atom is -0.343 e. The lowest BCUT2D eigenvalue weighted by molar-refractivity contribution is -0.132. The van der Waals surface area contributed by atoms with Crippen LogP contribution in [0.3, 0.4) is 0 Å². The number of nitrogens with zero attached hydrogens (tertiary/aromatic N) is 4. The maximum absolute atomic E-state index is 12.6. The molecule has 1 aromatic carbocycles. The van der Waals surface area contributed by atoms with Gasteiger partial charge in [0.2, 0.25) is 5.91 Å². The smallest absolute Gasteiger partial charge is 0.222 e. The molecule has 1 saturated heterocycles. The first-order chi connectivity index (χ1) is 14.2. The summed E-state index contributed by atoms with van der Waals surface area (Å²) in [5, 5.41) is 0. The molecule has 4 rings (SSSR count). The number of piperidine rings is 1. The van der Waals surface area contributed by atoms with Gasteiger partial charge in [-0.3, -0.25) is 9.78 Å². The molecular formula is C24H28N4O. The second kappa shape index (κ2) is 9.03. The molecule has 150 valence electrons. The molecule has 5 heteroatoms. The van der Waals surface area contributed by atoms with Gasteiger partial charge in [-0.25, -0.2) is 4.98 Å². The number of carbonyl (C=O) groups is 1. The van der Waals surface area contributed by atoms with E-state index in [0.29, 0.717) is 12.3 Å². The van der Waals surface area contributed by atoms with E-state index in [9.17, 15) is 4.79 Å². The van der Waals surface area contributed by atoms with Gasteiger partial charge in [0.25, 0.3) is 0 Å². The molecule has 0 bridgehead atoms. The van der Waals surface area contributed by atoms with Crippen molar-refractivity contribution >= 4 is 5.91 Å². The van der Waals surface area contributed by atoms with Crippen molar-refractivity contribution in [2.24, 2.45) is 5.92 Å². The Balaban J connectivity index is 1.32. The molecule has 1 aliphatic heterocycles. The first-order valence-corrected chi connectivity index (χ1v) is 10.4. The summed E-state index contributed by atoms with van der Waals surface area (Å²) in [6.07, 6.45) is 9.09. The minimum atomic E-state index is 0.280. The highest BCUT2D eigenvalue weighted by Gasteiger charge is 2.24. The lowest BCUT2D eigenvalue weighted by Crippen LogP contribution is -2.39. The van der Waals surface area contributed by atoms with E-state index in [2.05, 4.69) is 39.7 Å². The average molecular weight is 389 g/mol. The van der Waals surface area contributed by atoms with Crippen molar-refractivity contribution in [2.45, 2.75) is 39.2 Å². The van der Waals surface area contributed by atoms with Crippen molar-refractivity contribution in [1.29, 1.82) is 0 Å². The Morgan fingerprint density at radius 3 is 2.59 bits per heavy atom. The third-order valence-electron chi connectivity index (χ3n) is 5.85. The summed E-state index contributed by atoms with van der Waals surface area (Å²) in [6.45, 7) is 4.76. The standard InChI is InChI=1S/C24H28N4O/c1-19-16-26-24(22-8-5-13-25-17-22)28(19)18-21-11-14-27(15-12-21)23(29)10-9-20-6-3-2-4-7-20/h2-8,13,16-17,21H,9-12,14-15,18H2,1H3. The van der Waals surface area contributed by atoms with E-state index in [4.69, 9.17) is 0 Å². The molecule has 1 amide bonds. The molecule has 0 aliphatic carbocycles. The Morgan fingerprint density at radius 2 is 1.86 bits per heavy atom. The summed E-state index contributed by atoms with van der Waals surface area (Å²) >= 11 is 0. The Bertz CT molecular complexity index is 928. The number of benzene rings is 1. The van der Waals surface area contributed by atoms with E-state index in [0.717, 1.165) is 50.3 Å². The van der Waals surface area contributed by atoms with Crippen LogP contribution in [0.1, 0.15) is 30.5 Å². The van der Waals surface area contributed by atoms with Crippen LogP contribution in [0, 0.1) is 12.8 Å². The molecule has 0 unspecified atom stereocenters. The lowest BCUT2D eigenvalue weighted by Gasteiger charge is -2.32. The molecule has 3 aromatic rings. The van der Waals surface area contributed by atoms with Crippen LogP contribution in [0.4, 0.5) is 0 Å². The zero-order valence-corrected chi connectivity index (χ0v) is 17.0. The van der Waals surface area contributed by atoms with Gasteiger partial charge in [0.1, 0.15) is 5.82 Å². The number of imidazole rings is 1. The molecule has 0 N–H and O–H groups in total. The Labute approximate surface area is 172 Å². The van der Waals surface area contributed by atoms with Crippen molar-refractivity contribution in [3.8, 4) is 11.4 Å². The minimum absolute atomic E-state index is 0.280. The maximum Gasteiger partial charge on any atom is 0.222 e. The lowest BCUT2D eigenvalue weighted by atomic mass is 9.96. The molecule has 0 saturated carbocycles. The average Bonchev–Trinajstić information content (AvgIpc) is 3.14. The number of likely N-dealkylation sites (tertiary alicyclic amines) is 1. The van der Waals surface area contributed by atoms with Crippen LogP contribution in [0.15, 0.2) is 61.1 Å². The monoisotopic (exact) mass is 388 g/mol. The summed E-state index contributed by atoms with van der Waals surface area (Å²) in [5.74, 6) is 1.83. The summed E-state index contributed by atoms with van der Waals surface area (Å²) in [4.78, 5) is 23.5. The highest BCUT2D eigenvalue weighted by Crippen LogP contribution is 2.25. The molecule has 1 aliphatic rings. The molecule has 0 radical (unpaired) electrons. The van der Waals surface area contributed by atoms with Crippen molar-refractivity contribution < 1.29 is 4.79 Å². The second-order valence-electron chi connectivity index (χ2n) is 7.89. The highest BCUT2D eigenvalue weighted by molar-refractivity contribution is 5.76. The zero-order valence-electron chi connectivity index (χ0n) is 17.0. The van der Waals surface area contributed by atoms with Gasteiger partial charge in [-0.05, 0) is 49.8 Å². The van der Waals surface area contributed by atoms with Crippen LogP contribution in [-0.4, -0.2) is 38.4 Å². The third kappa shape index (κ3) is 4.73. The fourth-order valence-electron chi connectivity index (χ4n) is 4.09. The second-order valence-corrected chi connectivity index (χ2v) is 7.89. The number of pyridine rings is 1. The summed E-state index contributed by atoms with van der Waals surface area (Å²) in [6, 6.07) is 14.3. The summed E-state index contributed by atoms with van der Waals surface area (Å²) < 4.78 is 2.30. The van der Waals surface area contributed by atoms with E-state index in [1.807, 2.05) is 41.6 Å². The van der Waals surface area contributed by atoms with Crippen LogP contribution >= 0.6 is 0 Å². The van der Waals surface area contributed by atoms with E-state index in [-0.39, 0.29) is 5.91 Å². The number of rotatable bonds is 6. The van der Waals surface area contributed by atoms with Crippen LogP contribution in [-0.2, 0) is 17.8 Å². The Morgan fingerprint density at radius 1 is 1.07 bits per heavy atom. The molecule has 0 atom stereocenters. The topological polar surface area (TPSA) is 51.0 Å². The first kappa shape index (κ1) is 19.4. The summed E-state index contributed by atoms with van der Waals surface area (Å²) in [5.41, 5.74) is 3.45. The quantitative estimate of drug-likeness (QED) is 0.638. The van der Waals surface area contributed by atoms with Crippen molar-refractivity contribution in [2.75, 3.05) is 13.1 Å². The van der Waals surface area contributed by atoms with Gasteiger partial charge in [0, 0.05) is 55.9 Å². The number of aryl methyl sites for hydroxylation is 2. The van der Waals surface area contributed by atoms with Gasteiger partial charge in [-0.2, -0.15) is 0 Å². The number of hydrogen-bond acceptors (Lipinski definition) is 3. The van der Waals surface area contributed by atoms with Crippen molar-refractivity contribution in [3.05, 3.63) is 72.3 Å². The Hall–Kier alpha value is -2.95. The van der Waals surface area contributed by atoms with Crippen molar-refractivity contribution in [1.82, 2.24) is 19.4 Å². The largest absolute Gasteiger partial charge is 0.343 e. The maximum atomic E-state index is 12.6. The van der Waals surface area contributed by atoms with Crippen LogP contribution in [0.25, 0.3) is 11.4 Å². The van der Waals surface area contributed by atoms with Gasteiger partial charge in [-0.15, -0.1) is 0 Å². The first-order valence-electron chi connectivity index (χ1n) is 10.4. The number of aromatic nitrogens is 3. The normalized spacial score (nSPS) is 14.9. The van der Waals surface area contributed by atoms with Gasteiger partial charge >= 0.3 is 0 Å². The van der Waals surface area contributed by atoms with Gasteiger partial charge in [-0.1, -0.05) is 30.3 Å². The molecular weight excluding hydrogens is 360 g/mol. The number of amides is 1. The SMILES string of the molecule is Cc1cnc(-c2cccnc2)n1CC1CCN(C(=O)CCc2ccccc2)CC1.